The molecule has 2 atom stereocenters. The number of amides is 2. The zero-order valence-electron chi connectivity index (χ0n) is 22.4. The van der Waals surface area contributed by atoms with E-state index in [0.29, 0.717) is 22.6 Å². The maximum atomic E-state index is 13.9. The van der Waals surface area contributed by atoms with Gasteiger partial charge >= 0.3 is 6.18 Å². The maximum absolute atomic E-state index is 13.9. The Morgan fingerprint density at radius 1 is 1.15 bits per heavy atom. The van der Waals surface area contributed by atoms with Gasteiger partial charge in [0, 0.05) is 38.0 Å². The highest BCUT2D eigenvalue weighted by atomic mass is 19.4. The predicted molar refractivity (Wildman–Crippen MR) is 134 cm³/mol. The molecule has 0 radical (unpaired) electrons. The van der Waals surface area contributed by atoms with Crippen molar-refractivity contribution in [3.05, 3.63) is 47.7 Å². The number of nitrogens with one attached hydrogen (secondary N) is 2. The number of hydrogen-bond acceptors (Lipinski definition) is 5. The molecule has 1 aliphatic carbocycles. The molecule has 0 bridgehead atoms. The molecule has 3 aromatic rings. The van der Waals surface area contributed by atoms with Crippen LogP contribution in [0.1, 0.15) is 86.7 Å². The van der Waals surface area contributed by atoms with Gasteiger partial charge in [-0.05, 0) is 50.3 Å². The Hall–Kier alpha value is -3.58. The highest BCUT2D eigenvalue weighted by Gasteiger charge is 2.40. The second-order valence-corrected chi connectivity index (χ2v) is 10.7. The van der Waals surface area contributed by atoms with E-state index >= 15 is 0 Å². The van der Waals surface area contributed by atoms with Gasteiger partial charge in [-0.3, -0.25) is 14.3 Å². The number of alkyl halides is 5. The van der Waals surface area contributed by atoms with Gasteiger partial charge < -0.3 is 10.6 Å². The van der Waals surface area contributed by atoms with Crippen LogP contribution in [0.4, 0.5) is 22.0 Å². The largest absolute Gasteiger partial charge is 0.392 e. The number of nitrogens with zero attached hydrogens (tertiary/aromatic N) is 5. The lowest BCUT2D eigenvalue weighted by Gasteiger charge is -2.33. The van der Waals surface area contributed by atoms with Crippen molar-refractivity contribution in [1.29, 1.82) is 0 Å². The molecule has 3 heterocycles. The van der Waals surface area contributed by atoms with Gasteiger partial charge in [-0.25, -0.2) is 18.3 Å². The van der Waals surface area contributed by atoms with Crippen molar-refractivity contribution in [1.82, 2.24) is 35.0 Å². The Kier molecular flexibility index (Phi) is 8.45. The van der Waals surface area contributed by atoms with Crippen molar-refractivity contribution in [3.63, 3.8) is 0 Å². The summed E-state index contributed by atoms with van der Waals surface area (Å²) in [5.74, 6) is -5.97. The van der Waals surface area contributed by atoms with Gasteiger partial charge in [-0.2, -0.15) is 23.4 Å². The van der Waals surface area contributed by atoms with Crippen molar-refractivity contribution in [2.24, 2.45) is 11.8 Å². The third-order valence-corrected chi connectivity index (χ3v) is 7.17. The quantitative estimate of drug-likeness (QED) is 0.353. The Morgan fingerprint density at radius 2 is 1.85 bits per heavy atom. The van der Waals surface area contributed by atoms with Crippen molar-refractivity contribution >= 4 is 17.5 Å². The fraction of sp³-hybridized carbons (Fsp3) is 0.577. The summed E-state index contributed by atoms with van der Waals surface area (Å²) in [6.45, 7) is 4.66. The van der Waals surface area contributed by atoms with Gasteiger partial charge in [0.05, 0.1) is 30.0 Å². The molecule has 2 N–H and O–H groups in total. The van der Waals surface area contributed by atoms with E-state index in [9.17, 15) is 31.5 Å². The number of carbonyl (C=O) groups is 2. The van der Waals surface area contributed by atoms with Gasteiger partial charge in [0.1, 0.15) is 5.69 Å². The average molecular weight is 570 g/mol. The van der Waals surface area contributed by atoms with E-state index in [2.05, 4.69) is 25.8 Å². The molecule has 0 aromatic carbocycles. The molecule has 4 rings (SSSR count). The first-order valence-electron chi connectivity index (χ1n) is 13.1. The summed E-state index contributed by atoms with van der Waals surface area (Å²) in [5.41, 5.74) is 1.65. The summed E-state index contributed by atoms with van der Waals surface area (Å²) in [6.07, 6.45) is -0.783. The molecule has 0 saturated heterocycles. The van der Waals surface area contributed by atoms with Crippen molar-refractivity contribution < 1.29 is 31.5 Å². The van der Waals surface area contributed by atoms with Crippen LogP contribution in [0.2, 0.25) is 0 Å². The number of halogens is 5. The van der Waals surface area contributed by atoms with Crippen LogP contribution < -0.4 is 10.6 Å². The normalized spacial score (nSPS) is 17.6. The molecule has 1 fully saturated rings. The lowest BCUT2D eigenvalue weighted by Crippen LogP contribution is -2.38. The van der Waals surface area contributed by atoms with Crippen LogP contribution in [-0.4, -0.2) is 48.3 Å². The predicted octanol–water partition coefficient (Wildman–Crippen LogP) is 5.01. The molecule has 9 nitrogen and oxygen atoms in total. The smallest absolute Gasteiger partial charge is 0.352 e. The molecule has 14 heteroatoms. The maximum Gasteiger partial charge on any atom is 0.392 e. The first-order valence-corrected chi connectivity index (χ1v) is 13.1. The fourth-order valence-electron chi connectivity index (χ4n) is 4.80. The van der Waals surface area contributed by atoms with Gasteiger partial charge in [-0.1, -0.05) is 6.92 Å². The highest BCUT2D eigenvalue weighted by Crippen LogP contribution is 2.41. The fourth-order valence-corrected chi connectivity index (χ4v) is 4.80. The molecule has 1 saturated carbocycles. The number of rotatable bonds is 9. The topological polar surface area (TPSA) is 106 Å². The molecule has 0 aliphatic heterocycles. The lowest BCUT2D eigenvalue weighted by molar-refractivity contribution is -0.174. The van der Waals surface area contributed by atoms with E-state index in [4.69, 9.17) is 0 Å². The van der Waals surface area contributed by atoms with Crippen LogP contribution in [0, 0.1) is 11.8 Å². The van der Waals surface area contributed by atoms with Gasteiger partial charge in [0.25, 0.3) is 5.91 Å². The Balaban J connectivity index is 1.54. The van der Waals surface area contributed by atoms with Crippen molar-refractivity contribution in [3.8, 4) is 0 Å². The first kappa shape index (κ1) is 29.4. The number of fused-ring (bicyclic) bond motifs is 1. The molecular formula is C26H32F5N7O2. The molecule has 218 valence electrons. The zero-order valence-corrected chi connectivity index (χ0v) is 22.4. The second kappa shape index (κ2) is 11.5. The summed E-state index contributed by atoms with van der Waals surface area (Å²) in [4.78, 5) is 29.8. The Labute approximate surface area is 227 Å². The van der Waals surface area contributed by atoms with E-state index in [1.54, 1.807) is 23.0 Å². The van der Waals surface area contributed by atoms with Crippen LogP contribution in [0.25, 0.3) is 5.65 Å². The molecule has 3 aromatic heterocycles. The van der Waals surface area contributed by atoms with E-state index in [1.807, 2.05) is 13.8 Å². The summed E-state index contributed by atoms with van der Waals surface area (Å²) in [6, 6.07) is 2.46. The summed E-state index contributed by atoms with van der Waals surface area (Å²) in [5, 5.41) is 13.9. The zero-order chi connectivity index (χ0) is 29.2. The molecular weight excluding hydrogens is 537 g/mol. The first-order chi connectivity index (χ1) is 18.7. The molecule has 2 amide bonds. The van der Waals surface area contributed by atoms with Gasteiger partial charge in [0.15, 0.2) is 5.65 Å². The molecule has 1 aliphatic rings. The minimum atomic E-state index is -4.46. The Morgan fingerprint density at radius 3 is 2.50 bits per heavy atom. The van der Waals surface area contributed by atoms with Crippen LogP contribution >= 0.6 is 0 Å². The number of imidazole rings is 1. The monoisotopic (exact) mass is 569 g/mol. The average Bonchev–Trinajstić information content (AvgIpc) is 3.53. The van der Waals surface area contributed by atoms with Crippen molar-refractivity contribution in [2.75, 3.05) is 0 Å². The lowest BCUT2D eigenvalue weighted by atomic mass is 9.81. The number of hydrogen-bond donors (Lipinski definition) is 2. The summed E-state index contributed by atoms with van der Waals surface area (Å²) < 4.78 is 69.1. The summed E-state index contributed by atoms with van der Waals surface area (Å²) in [7, 11) is 0. The minimum Gasteiger partial charge on any atom is -0.352 e. The van der Waals surface area contributed by atoms with Gasteiger partial charge in [-0.15, -0.1) is 0 Å². The van der Waals surface area contributed by atoms with Crippen LogP contribution in [0.15, 0.2) is 30.7 Å². The third kappa shape index (κ3) is 6.94. The molecule has 40 heavy (non-hydrogen) atoms. The highest BCUT2D eigenvalue weighted by molar-refractivity contribution is 5.92. The molecule has 0 spiro atoms. The van der Waals surface area contributed by atoms with Gasteiger partial charge in [0.2, 0.25) is 11.8 Å². The SMILES string of the molecule is CC(C)n1nccc1C(=O)N[C@H](c1cn2ncc(CNC(=O)C[C@H](C)C(F)(F)F)cc2n1)C1CCC(F)(F)CC1. The second-order valence-electron chi connectivity index (χ2n) is 10.7. The number of carbonyl (C=O) groups excluding carboxylic acids is 2. The van der Waals surface area contributed by atoms with E-state index < -0.39 is 42.3 Å². The molecule has 0 unspecified atom stereocenters. The van der Waals surface area contributed by atoms with E-state index in [1.165, 1.54) is 16.9 Å². The van der Waals surface area contributed by atoms with Crippen molar-refractivity contribution in [2.45, 2.75) is 83.6 Å². The van der Waals surface area contributed by atoms with Crippen LogP contribution in [0.5, 0.6) is 0 Å². The van der Waals surface area contributed by atoms with Crippen LogP contribution in [-0.2, 0) is 11.3 Å². The Bertz CT molecular complexity index is 1340. The standard InChI is InChI=1S/C26H32F5N7O2/c1-15(2)38-20(6-9-33-38)24(40)36-23(18-4-7-25(27,28)8-5-18)19-14-37-21(35-19)11-17(13-34-37)12-32-22(39)10-16(3)26(29,30)31/h6,9,11,13-16,18,23H,4-5,7-8,10,12H2,1-3H3,(H,32,39)(H,36,40)/t16-,23-/m0/s1. The van der Waals surface area contributed by atoms with E-state index in [0.717, 1.165) is 6.92 Å². The third-order valence-electron chi connectivity index (χ3n) is 7.17. The van der Waals surface area contributed by atoms with Crippen LogP contribution in [0.3, 0.4) is 0 Å². The van der Waals surface area contributed by atoms with E-state index in [-0.39, 0.29) is 44.2 Å². The minimum absolute atomic E-state index is 0.0494. The summed E-state index contributed by atoms with van der Waals surface area (Å²) >= 11 is 0. The number of aromatic nitrogens is 5.